The Hall–Kier alpha value is -2.12. The Bertz CT molecular complexity index is 1020. The maximum absolute atomic E-state index is 6.07. The molecule has 0 aliphatic carbocycles. The SMILES string of the molecule is ClCCn1c(C#CCNc2ccc(Cl)cc2)cc2cc(C3CCOCC3)ccc21. The standard InChI is InChI=1S/C24H24Cl2N2O/c25-11-13-28-23(2-1-12-27-22-6-4-21(26)5-7-22)17-20-16-19(3-8-24(20)28)18-9-14-29-15-10-18/h3-8,16-18,27H,9-15H2. The van der Waals surface area contributed by atoms with Gasteiger partial charge in [-0.05, 0) is 72.7 Å². The van der Waals surface area contributed by atoms with Crippen LogP contribution in [0.1, 0.15) is 30.0 Å². The van der Waals surface area contributed by atoms with E-state index in [4.69, 9.17) is 27.9 Å². The fourth-order valence-corrected chi connectivity index (χ4v) is 4.15. The highest BCUT2D eigenvalue weighted by Crippen LogP contribution is 2.30. The maximum atomic E-state index is 6.07. The number of aryl methyl sites for hydroxylation is 1. The number of nitrogens with zero attached hydrogens (tertiary/aromatic N) is 1. The molecule has 0 bridgehead atoms. The van der Waals surface area contributed by atoms with Gasteiger partial charge in [-0.15, -0.1) is 11.6 Å². The summed E-state index contributed by atoms with van der Waals surface area (Å²) in [6.07, 6.45) is 2.19. The number of halogens is 2. The minimum absolute atomic E-state index is 0.559. The summed E-state index contributed by atoms with van der Waals surface area (Å²) in [6.45, 7) is 3.02. The molecule has 2 aromatic carbocycles. The van der Waals surface area contributed by atoms with Gasteiger partial charge in [-0.25, -0.2) is 0 Å². The van der Waals surface area contributed by atoms with Gasteiger partial charge in [0.2, 0.25) is 0 Å². The number of fused-ring (bicyclic) bond motifs is 1. The molecule has 0 radical (unpaired) electrons. The van der Waals surface area contributed by atoms with Crippen molar-refractivity contribution in [3.63, 3.8) is 0 Å². The van der Waals surface area contributed by atoms with Crippen molar-refractivity contribution in [2.24, 2.45) is 0 Å². The van der Waals surface area contributed by atoms with Crippen molar-refractivity contribution in [2.45, 2.75) is 25.3 Å². The lowest BCUT2D eigenvalue weighted by Crippen LogP contribution is -2.13. The summed E-state index contributed by atoms with van der Waals surface area (Å²) >= 11 is 12.0. The van der Waals surface area contributed by atoms with Gasteiger partial charge < -0.3 is 14.6 Å². The topological polar surface area (TPSA) is 26.2 Å². The molecule has 1 saturated heterocycles. The van der Waals surface area contributed by atoms with E-state index in [1.165, 1.54) is 16.5 Å². The molecule has 4 rings (SSSR count). The third-order valence-corrected chi connectivity index (χ3v) is 5.79. The van der Waals surface area contributed by atoms with E-state index in [-0.39, 0.29) is 0 Å². The Morgan fingerprint density at radius 3 is 2.62 bits per heavy atom. The highest BCUT2D eigenvalue weighted by atomic mass is 35.5. The van der Waals surface area contributed by atoms with E-state index in [0.717, 1.165) is 49.0 Å². The van der Waals surface area contributed by atoms with Crippen molar-refractivity contribution < 1.29 is 4.74 Å². The summed E-state index contributed by atoms with van der Waals surface area (Å²) in [5.41, 5.74) is 4.60. The zero-order chi connectivity index (χ0) is 20.1. The molecule has 1 aliphatic rings. The van der Waals surface area contributed by atoms with E-state index in [9.17, 15) is 0 Å². The lowest BCUT2D eigenvalue weighted by atomic mass is 9.91. The predicted molar refractivity (Wildman–Crippen MR) is 122 cm³/mol. The van der Waals surface area contributed by atoms with Gasteiger partial charge in [-0.3, -0.25) is 0 Å². The molecule has 2 heterocycles. The first kappa shape index (κ1) is 20.2. The van der Waals surface area contributed by atoms with E-state index in [1.807, 2.05) is 24.3 Å². The number of rotatable bonds is 5. The molecule has 29 heavy (non-hydrogen) atoms. The van der Waals surface area contributed by atoms with Gasteiger partial charge in [0.05, 0.1) is 12.2 Å². The van der Waals surface area contributed by atoms with Crippen molar-refractivity contribution in [2.75, 3.05) is 31.0 Å². The first-order valence-electron chi connectivity index (χ1n) is 10.00. The molecule has 0 unspecified atom stereocenters. The van der Waals surface area contributed by atoms with E-state index in [2.05, 4.69) is 46.0 Å². The highest BCUT2D eigenvalue weighted by Gasteiger charge is 2.17. The molecule has 3 nitrogen and oxygen atoms in total. The normalized spacial score (nSPS) is 14.6. The first-order valence-corrected chi connectivity index (χ1v) is 10.9. The van der Waals surface area contributed by atoms with Crippen LogP contribution in [0.15, 0.2) is 48.5 Å². The van der Waals surface area contributed by atoms with E-state index in [0.29, 0.717) is 18.3 Å². The molecule has 5 heteroatoms. The molecule has 1 N–H and O–H groups in total. The summed E-state index contributed by atoms with van der Waals surface area (Å²) in [5.74, 6) is 7.69. The summed E-state index contributed by atoms with van der Waals surface area (Å²) < 4.78 is 7.72. The van der Waals surface area contributed by atoms with Gasteiger partial charge in [-0.1, -0.05) is 23.6 Å². The van der Waals surface area contributed by atoms with E-state index < -0.39 is 0 Å². The number of anilines is 1. The fraction of sp³-hybridized carbons (Fsp3) is 0.333. The Morgan fingerprint density at radius 2 is 1.86 bits per heavy atom. The number of ether oxygens (including phenoxy) is 1. The van der Waals surface area contributed by atoms with Crippen LogP contribution in [0.25, 0.3) is 10.9 Å². The lowest BCUT2D eigenvalue weighted by Gasteiger charge is -2.22. The first-order chi connectivity index (χ1) is 14.2. The predicted octanol–water partition coefficient (Wildman–Crippen LogP) is 5.89. The van der Waals surface area contributed by atoms with Crippen LogP contribution in [0, 0.1) is 11.8 Å². The zero-order valence-electron chi connectivity index (χ0n) is 16.3. The number of aromatic nitrogens is 1. The van der Waals surface area contributed by atoms with Crippen LogP contribution in [0.2, 0.25) is 5.02 Å². The second kappa shape index (κ2) is 9.59. The molecule has 1 aliphatic heterocycles. The van der Waals surface area contributed by atoms with Crippen molar-refractivity contribution in [1.29, 1.82) is 0 Å². The maximum Gasteiger partial charge on any atom is 0.0931 e. The van der Waals surface area contributed by atoms with Crippen LogP contribution in [0.3, 0.4) is 0 Å². The minimum atomic E-state index is 0.559. The molecule has 150 valence electrons. The summed E-state index contributed by atoms with van der Waals surface area (Å²) in [4.78, 5) is 0. The largest absolute Gasteiger partial charge is 0.381 e. The number of hydrogen-bond donors (Lipinski definition) is 1. The van der Waals surface area contributed by atoms with Crippen LogP contribution >= 0.6 is 23.2 Å². The molecule has 3 aromatic rings. The lowest BCUT2D eigenvalue weighted by molar-refractivity contribution is 0.0853. The van der Waals surface area contributed by atoms with Crippen LogP contribution in [0.4, 0.5) is 5.69 Å². The monoisotopic (exact) mass is 426 g/mol. The summed E-state index contributed by atoms with van der Waals surface area (Å²) in [5, 5.41) is 5.26. The Kier molecular flexibility index (Phi) is 6.67. The molecule has 0 spiro atoms. The second-order valence-corrected chi connectivity index (χ2v) is 8.05. The summed E-state index contributed by atoms with van der Waals surface area (Å²) in [6, 6.07) is 16.6. The van der Waals surface area contributed by atoms with Gasteiger partial charge in [0.25, 0.3) is 0 Å². The number of nitrogens with one attached hydrogen (secondary N) is 1. The molecule has 1 fully saturated rings. The quantitative estimate of drug-likeness (QED) is 0.406. The van der Waals surface area contributed by atoms with E-state index in [1.54, 1.807) is 0 Å². The number of hydrogen-bond acceptors (Lipinski definition) is 2. The average Bonchev–Trinajstić information content (AvgIpc) is 3.10. The van der Waals surface area contributed by atoms with Gasteiger partial charge in [0.15, 0.2) is 0 Å². The van der Waals surface area contributed by atoms with Gasteiger partial charge in [0.1, 0.15) is 0 Å². The van der Waals surface area contributed by atoms with Crippen LogP contribution < -0.4 is 5.32 Å². The van der Waals surface area contributed by atoms with Crippen molar-refractivity contribution >= 4 is 39.8 Å². The molecular formula is C24H24Cl2N2O. The average molecular weight is 427 g/mol. The van der Waals surface area contributed by atoms with Crippen LogP contribution in [0.5, 0.6) is 0 Å². The Morgan fingerprint density at radius 1 is 1.07 bits per heavy atom. The van der Waals surface area contributed by atoms with Gasteiger partial charge >= 0.3 is 0 Å². The van der Waals surface area contributed by atoms with Crippen molar-refractivity contribution in [3.8, 4) is 11.8 Å². The third kappa shape index (κ3) is 4.90. The highest BCUT2D eigenvalue weighted by molar-refractivity contribution is 6.30. The summed E-state index contributed by atoms with van der Waals surface area (Å²) in [7, 11) is 0. The zero-order valence-corrected chi connectivity index (χ0v) is 17.8. The van der Waals surface area contributed by atoms with Gasteiger partial charge in [-0.2, -0.15) is 0 Å². The third-order valence-electron chi connectivity index (χ3n) is 5.37. The second-order valence-electron chi connectivity index (χ2n) is 7.24. The molecule has 0 saturated carbocycles. The number of alkyl halides is 1. The smallest absolute Gasteiger partial charge is 0.0931 e. The van der Waals surface area contributed by atoms with Gasteiger partial charge in [0, 0.05) is 47.3 Å². The molecule has 0 atom stereocenters. The van der Waals surface area contributed by atoms with Crippen LogP contribution in [-0.4, -0.2) is 30.2 Å². The molecule has 1 aromatic heterocycles. The molecule has 0 amide bonds. The number of benzene rings is 2. The van der Waals surface area contributed by atoms with Crippen molar-refractivity contribution in [1.82, 2.24) is 4.57 Å². The van der Waals surface area contributed by atoms with Crippen molar-refractivity contribution in [3.05, 3.63) is 64.8 Å². The minimum Gasteiger partial charge on any atom is -0.381 e. The van der Waals surface area contributed by atoms with E-state index >= 15 is 0 Å². The Labute approximate surface area is 182 Å². The fourth-order valence-electron chi connectivity index (χ4n) is 3.85. The Balaban J connectivity index is 1.54. The van der Waals surface area contributed by atoms with Crippen LogP contribution in [-0.2, 0) is 11.3 Å². The molecular weight excluding hydrogens is 403 g/mol.